The van der Waals surface area contributed by atoms with Gasteiger partial charge in [-0.2, -0.15) is 0 Å². The predicted molar refractivity (Wildman–Crippen MR) is 104 cm³/mol. The van der Waals surface area contributed by atoms with E-state index in [1.165, 1.54) is 24.5 Å². The SMILES string of the molecule is O=C(Cc1ccc(OC(F)(F)F)cc1)Nc1cccc(NC(=O)c2ccncc2)c1. The number of halogens is 3. The van der Waals surface area contributed by atoms with Crippen LogP contribution in [0, 0.1) is 0 Å². The maximum Gasteiger partial charge on any atom is 0.573 e. The highest BCUT2D eigenvalue weighted by molar-refractivity contribution is 6.04. The Morgan fingerprint density at radius 1 is 0.900 bits per heavy atom. The molecule has 9 heteroatoms. The number of alkyl halides is 3. The number of anilines is 2. The Kier molecular flexibility index (Phi) is 6.31. The van der Waals surface area contributed by atoms with Crippen molar-refractivity contribution in [1.29, 1.82) is 0 Å². The van der Waals surface area contributed by atoms with Crippen molar-refractivity contribution in [1.82, 2.24) is 4.98 Å². The Bertz CT molecular complexity index is 1020. The standard InChI is InChI=1S/C21H16F3N3O3/c22-21(23,24)30-18-6-4-14(5-7-18)12-19(28)26-16-2-1-3-17(13-16)27-20(29)15-8-10-25-11-9-15/h1-11,13H,12H2,(H,26,28)(H,27,29). The van der Waals surface area contributed by atoms with Crippen LogP contribution in [-0.4, -0.2) is 23.2 Å². The van der Waals surface area contributed by atoms with Crippen molar-refractivity contribution in [3.63, 3.8) is 0 Å². The van der Waals surface area contributed by atoms with Gasteiger partial charge in [0.05, 0.1) is 6.42 Å². The van der Waals surface area contributed by atoms with E-state index in [-0.39, 0.29) is 24.0 Å². The first-order valence-electron chi connectivity index (χ1n) is 8.74. The third kappa shape index (κ3) is 6.33. The molecule has 3 aromatic rings. The number of rotatable bonds is 6. The van der Waals surface area contributed by atoms with Crippen LogP contribution < -0.4 is 15.4 Å². The Hall–Kier alpha value is -3.88. The fourth-order valence-electron chi connectivity index (χ4n) is 2.58. The van der Waals surface area contributed by atoms with Gasteiger partial charge in [0.25, 0.3) is 5.91 Å². The van der Waals surface area contributed by atoms with Crippen molar-refractivity contribution >= 4 is 23.2 Å². The number of hydrogen-bond acceptors (Lipinski definition) is 4. The first-order valence-corrected chi connectivity index (χ1v) is 8.74. The van der Waals surface area contributed by atoms with Crippen molar-refractivity contribution < 1.29 is 27.5 Å². The number of carbonyl (C=O) groups excluding carboxylic acids is 2. The largest absolute Gasteiger partial charge is 0.573 e. The lowest BCUT2D eigenvalue weighted by Gasteiger charge is -2.10. The van der Waals surface area contributed by atoms with Crippen molar-refractivity contribution in [2.45, 2.75) is 12.8 Å². The molecule has 0 atom stereocenters. The van der Waals surface area contributed by atoms with E-state index in [4.69, 9.17) is 0 Å². The average molecular weight is 415 g/mol. The molecule has 154 valence electrons. The number of benzene rings is 2. The molecule has 0 saturated heterocycles. The monoisotopic (exact) mass is 415 g/mol. The van der Waals surface area contributed by atoms with Gasteiger partial charge in [-0.15, -0.1) is 13.2 Å². The molecule has 0 fully saturated rings. The molecule has 2 aromatic carbocycles. The lowest BCUT2D eigenvalue weighted by Crippen LogP contribution is -2.17. The van der Waals surface area contributed by atoms with Gasteiger partial charge in [-0.3, -0.25) is 14.6 Å². The van der Waals surface area contributed by atoms with Crippen LogP contribution in [0.25, 0.3) is 0 Å². The number of pyridine rings is 1. The summed E-state index contributed by atoms with van der Waals surface area (Å²) >= 11 is 0. The minimum absolute atomic E-state index is 0.0418. The second-order valence-corrected chi connectivity index (χ2v) is 6.19. The van der Waals surface area contributed by atoms with E-state index >= 15 is 0 Å². The zero-order valence-corrected chi connectivity index (χ0v) is 15.4. The number of nitrogens with one attached hydrogen (secondary N) is 2. The second kappa shape index (κ2) is 9.08. The van der Waals surface area contributed by atoms with Crippen LogP contribution in [0.1, 0.15) is 15.9 Å². The molecule has 1 aromatic heterocycles. The van der Waals surface area contributed by atoms with E-state index < -0.39 is 6.36 Å². The zero-order valence-electron chi connectivity index (χ0n) is 15.4. The molecule has 0 aliphatic heterocycles. The summed E-state index contributed by atoms with van der Waals surface area (Å²) in [7, 11) is 0. The first-order chi connectivity index (χ1) is 14.3. The molecule has 0 saturated carbocycles. The van der Waals surface area contributed by atoms with Crippen LogP contribution in [0.15, 0.2) is 73.1 Å². The fourth-order valence-corrected chi connectivity index (χ4v) is 2.58. The lowest BCUT2D eigenvalue weighted by atomic mass is 10.1. The Labute approximate surface area is 169 Å². The number of amides is 2. The average Bonchev–Trinajstić information content (AvgIpc) is 2.69. The Balaban J connectivity index is 1.58. The van der Waals surface area contributed by atoms with Crippen molar-refractivity contribution in [3.8, 4) is 5.75 Å². The van der Waals surface area contributed by atoms with Crippen LogP contribution in [0.4, 0.5) is 24.5 Å². The third-order valence-electron chi connectivity index (χ3n) is 3.87. The number of aromatic nitrogens is 1. The van der Waals surface area contributed by atoms with Gasteiger partial charge in [0.2, 0.25) is 5.91 Å². The topological polar surface area (TPSA) is 80.3 Å². The smallest absolute Gasteiger partial charge is 0.406 e. The fraction of sp³-hybridized carbons (Fsp3) is 0.0952. The van der Waals surface area contributed by atoms with Gasteiger partial charge in [-0.25, -0.2) is 0 Å². The first kappa shape index (κ1) is 20.8. The molecule has 3 rings (SSSR count). The highest BCUT2D eigenvalue weighted by Crippen LogP contribution is 2.23. The molecular weight excluding hydrogens is 399 g/mol. The molecule has 1 heterocycles. The van der Waals surface area contributed by atoms with Crippen LogP contribution >= 0.6 is 0 Å². The van der Waals surface area contributed by atoms with E-state index in [0.717, 1.165) is 12.1 Å². The molecule has 2 N–H and O–H groups in total. The molecule has 0 bridgehead atoms. The molecule has 0 spiro atoms. The van der Waals surface area contributed by atoms with Crippen molar-refractivity contribution in [3.05, 3.63) is 84.2 Å². The van der Waals surface area contributed by atoms with Gasteiger partial charge in [-0.05, 0) is 48.0 Å². The van der Waals surface area contributed by atoms with Gasteiger partial charge in [0.15, 0.2) is 0 Å². The van der Waals surface area contributed by atoms with Gasteiger partial charge in [-0.1, -0.05) is 18.2 Å². The zero-order chi connectivity index (χ0) is 21.6. The predicted octanol–water partition coefficient (Wildman–Crippen LogP) is 4.41. The summed E-state index contributed by atoms with van der Waals surface area (Å²) in [6.07, 6.45) is -1.79. The number of ether oxygens (including phenoxy) is 1. The minimum Gasteiger partial charge on any atom is -0.406 e. The molecule has 6 nitrogen and oxygen atoms in total. The Morgan fingerprint density at radius 3 is 2.17 bits per heavy atom. The van der Waals surface area contributed by atoms with Gasteiger partial charge >= 0.3 is 6.36 Å². The van der Waals surface area contributed by atoms with E-state index in [0.29, 0.717) is 22.5 Å². The summed E-state index contributed by atoms with van der Waals surface area (Å²) in [6.45, 7) is 0. The summed E-state index contributed by atoms with van der Waals surface area (Å²) in [4.78, 5) is 28.3. The van der Waals surface area contributed by atoms with Crippen molar-refractivity contribution in [2.24, 2.45) is 0 Å². The van der Waals surface area contributed by atoms with E-state index in [1.807, 2.05) is 0 Å². The molecule has 0 unspecified atom stereocenters. The van der Waals surface area contributed by atoms with E-state index in [2.05, 4.69) is 20.4 Å². The van der Waals surface area contributed by atoms with Gasteiger partial charge < -0.3 is 15.4 Å². The van der Waals surface area contributed by atoms with Crippen LogP contribution in [-0.2, 0) is 11.2 Å². The van der Waals surface area contributed by atoms with Gasteiger partial charge in [0.1, 0.15) is 5.75 Å². The van der Waals surface area contributed by atoms with Crippen molar-refractivity contribution in [2.75, 3.05) is 10.6 Å². The van der Waals surface area contributed by atoms with Gasteiger partial charge in [0, 0.05) is 29.3 Å². The molecule has 2 amide bonds. The van der Waals surface area contributed by atoms with E-state index in [1.54, 1.807) is 36.4 Å². The summed E-state index contributed by atoms with van der Waals surface area (Å²) in [6, 6.07) is 14.8. The molecule has 0 aliphatic carbocycles. The van der Waals surface area contributed by atoms with Crippen LogP contribution in [0.5, 0.6) is 5.75 Å². The lowest BCUT2D eigenvalue weighted by molar-refractivity contribution is -0.274. The quantitative estimate of drug-likeness (QED) is 0.625. The second-order valence-electron chi connectivity index (χ2n) is 6.19. The minimum atomic E-state index is -4.77. The molecule has 30 heavy (non-hydrogen) atoms. The highest BCUT2D eigenvalue weighted by Gasteiger charge is 2.30. The summed E-state index contributed by atoms with van der Waals surface area (Å²) in [5.74, 6) is -1.04. The molecule has 0 radical (unpaired) electrons. The number of nitrogens with zero attached hydrogens (tertiary/aromatic N) is 1. The molecule has 0 aliphatic rings. The maximum atomic E-state index is 12.2. The molecular formula is C21H16F3N3O3. The Morgan fingerprint density at radius 2 is 1.53 bits per heavy atom. The highest BCUT2D eigenvalue weighted by atomic mass is 19.4. The van der Waals surface area contributed by atoms with E-state index in [9.17, 15) is 22.8 Å². The summed E-state index contributed by atoms with van der Waals surface area (Å²) < 4.78 is 40.4. The van der Waals surface area contributed by atoms with Crippen LogP contribution in [0.2, 0.25) is 0 Å². The third-order valence-corrected chi connectivity index (χ3v) is 3.87. The number of hydrogen-bond donors (Lipinski definition) is 2. The normalized spacial score (nSPS) is 10.9. The summed E-state index contributed by atoms with van der Waals surface area (Å²) in [5.41, 5.74) is 1.91. The van der Waals surface area contributed by atoms with Crippen LogP contribution in [0.3, 0.4) is 0 Å². The number of carbonyl (C=O) groups is 2. The maximum absolute atomic E-state index is 12.2. The summed E-state index contributed by atoms with van der Waals surface area (Å²) in [5, 5.41) is 5.41.